The summed E-state index contributed by atoms with van der Waals surface area (Å²) in [7, 11) is 0. The van der Waals surface area contributed by atoms with Crippen LogP contribution in [0.5, 0.6) is 0 Å². The van der Waals surface area contributed by atoms with Crippen LogP contribution in [0.1, 0.15) is 21.5 Å². The molecule has 1 nitrogen and oxygen atoms in total. The van der Waals surface area contributed by atoms with Crippen molar-refractivity contribution in [1.29, 1.82) is 0 Å². The van der Waals surface area contributed by atoms with Crippen LogP contribution in [-0.4, -0.2) is 5.78 Å². The first-order valence-corrected chi connectivity index (χ1v) is 7.50. The molecule has 2 aromatic carbocycles. The van der Waals surface area contributed by atoms with E-state index in [4.69, 9.17) is 11.6 Å². The minimum atomic E-state index is -0.0257. The maximum atomic E-state index is 12.4. The molecule has 0 atom stereocenters. The Balaban J connectivity index is 2.47. The summed E-state index contributed by atoms with van der Waals surface area (Å²) < 4.78 is 1.82. The highest BCUT2D eigenvalue weighted by Gasteiger charge is 2.13. The number of hydrogen-bond donors (Lipinski definition) is 0. The van der Waals surface area contributed by atoms with Crippen LogP contribution in [0.2, 0.25) is 5.02 Å². The van der Waals surface area contributed by atoms with Gasteiger partial charge in [0.2, 0.25) is 0 Å². The summed E-state index contributed by atoms with van der Waals surface area (Å²) in [6.45, 7) is 1.91. The van der Waals surface area contributed by atoms with Crippen molar-refractivity contribution in [3.8, 4) is 0 Å². The van der Waals surface area contributed by atoms with Crippen LogP contribution in [0, 0.1) is 10.5 Å². The Bertz CT molecular complexity index is 625. The molecule has 0 radical (unpaired) electrons. The third-order valence-corrected chi connectivity index (χ3v) is 4.38. The lowest BCUT2D eigenvalue weighted by Crippen LogP contribution is -2.03. The van der Waals surface area contributed by atoms with Gasteiger partial charge >= 0.3 is 0 Å². The number of ketones is 1. The second-order valence-electron chi connectivity index (χ2n) is 3.92. The van der Waals surface area contributed by atoms with Crippen LogP contribution >= 0.6 is 50.1 Å². The highest BCUT2D eigenvalue weighted by molar-refractivity contribution is 14.1. The molecule has 4 heteroatoms. The lowest BCUT2D eigenvalue weighted by Gasteiger charge is -2.06. The van der Waals surface area contributed by atoms with Crippen molar-refractivity contribution in [3.05, 3.63) is 66.2 Å². The van der Waals surface area contributed by atoms with Crippen LogP contribution in [0.3, 0.4) is 0 Å². The van der Waals surface area contributed by atoms with Crippen LogP contribution in [0.15, 0.2) is 40.9 Å². The molecule has 0 spiro atoms. The summed E-state index contributed by atoms with van der Waals surface area (Å²) in [5.41, 5.74) is 2.23. The molecule has 0 amide bonds. The Kier molecular flexibility index (Phi) is 4.45. The van der Waals surface area contributed by atoms with E-state index >= 15 is 0 Å². The zero-order chi connectivity index (χ0) is 13.3. The van der Waals surface area contributed by atoms with E-state index in [0.29, 0.717) is 16.1 Å². The molecule has 0 aliphatic carbocycles. The molecule has 0 unspecified atom stereocenters. The molecule has 0 fully saturated rings. The Morgan fingerprint density at radius 3 is 2.61 bits per heavy atom. The highest BCUT2D eigenvalue weighted by atomic mass is 127. The van der Waals surface area contributed by atoms with Crippen molar-refractivity contribution >= 4 is 55.9 Å². The van der Waals surface area contributed by atoms with Crippen LogP contribution < -0.4 is 0 Å². The van der Waals surface area contributed by atoms with Crippen molar-refractivity contribution in [3.63, 3.8) is 0 Å². The maximum absolute atomic E-state index is 12.4. The summed E-state index contributed by atoms with van der Waals surface area (Å²) in [5, 5.41) is 0.614. The fraction of sp³-hybridized carbons (Fsp3) is 0.0714. The average Bonchev–Trinajstić information content (AvgIpc) is 2.35. The first kappa shape index (κ1) is 14.0. The average molecular weight is 435 g/mol. The number of halogens is 3. The van der Waals surface area contributed by atoms with Gasteiger partial charge in [-0.05, 0) is 59.3 Å². The Morgan fingerprint density at radius 1 is 1.22 bits per heavy atom. The Labute approximate surface area is 133 Å². The number of aryl methyl sites for hydroxylation is 1. The predicted molar refractivity (Wildman–Crippen MR) is 86.5 cm³/mol. The normalized spacial score (nSPS) is 10.4. The number of hydrogen-bond acceptors (Lipinski definition) is 1. The lowest BCUT2D eigenvalue weighted by atomic mass is 10.0. The van der Waals surface area contributed by atoms with Gasteiger partial charge < -0.3 is 0 Å². The Morgan fingerprint density at radius 2 is 1.94 bits per heavy atom. The van der Waals surface area contributed by atoms with Crippen molar-refractivity contribution in [2.45, 2.75) is 6.92 Å². The predicted octanol–water partition coefficient (Wildman–Crippen LogP) is 5.25. The molecule has 0 saturated carbocycles. The van der Waals surface area contributed by atoms with Gasteiger partial charge in [-0.25, -0.2) is 0 Å². The minimum absolute atomic E-state index is 0.0257. The molecule has 0 saturated heterocycles. The molecular weight excluding hydrogens is 426 g/mol. The van der Waals surface area contributed by atoms with Gasteiger partial charge in [0, 0.05) is 24.2 Å². The molecule has 92 valence electrons. The third-order valence-electron chi connectivity index (χ3n) is 2.61. The van der Waals surface area contributed by atoms with E-state index in [1.807, 2.05) is 31.2 Å². The van der Waals surface area contributed by atoms with E-state index in [0.717, 1.165) is 13.6 Å². The minimum Gasteiger partial charge on any atom is -0.289 e. The van der Waals surface area contributed by atoms with Gasteiger partial charge in [0.15, 0.2) is 5.78 Å². The first-order chi connectivity index (χ1) is 8.49. The van der Waals surface area contributed by atoms with Crippen molar-refractivity contribution in [2.75, 3.05) is 0 Å². The second-order valence-corrected chi connectivity index (χ2v) is 6.42. The highest BCUT2D eigenvalue weighted by Crippen LogP contribution is 2.24. The fourth-order valence-electron chi connectivity index (χ4n) is 1.56. The summed E-state index contributed by atoms with van der Waals surface area (Å²) in [6.07, 6.45) is 0. The molecule has 0 aliphatic heterocycles. The first-order valence-electron chi connectivity index (χ1n) is 5.25. The van der Waals surface area contributed by atoms with Crippen molar-refractivity contribution in [1.82, 2.24) is 0 Å². The summed E-state index contributed by atoms with van der Waals surface area (Å²) in [5.74, 6) is -0.0257. The molecule has 2 aromatic rings. The second kappa shape index (κ2) is 5.72. The smallest absolute Gasteiger partial charge is 0.194 e. The molecular formula is C14H9BrClIO. The van der Waals surface area contributed by atoms with E-state index in [1.165, 1.54) is 0 Å². The van der Waals surface area contributed by atoms with Gasteiger partial charge in [-0.3, -0.25) is 4.79 Å². The summed E-state index contributed by atoms with van der Waals surface area (Å²) >= 11 is 11.6. The van der Waals surface area contributed by atoms with E-state index in [9.17, 15) is 4.79 Å². The van der Waals surface area contributed by atoms with E-state index in [-0.39, 0.29) is 5.78 Å². The van der Waals surface area contributed by atoms with Crippen LogP contribution in [0.25, 0.3) is 0 Å². The quantitative estimate of drug-likeness (QED) is 0.465. The van der Waals surface area contributed by atoms with E-state index in [2.05, 4.69) is 38.5 Å². The number of rotatable bonds is 2. The molecule has 18 heavy (non-hydrogen) atoms. The monoisotopic (exact) mass is 434 g/mol. The largest absolute Gasteiger partial charge is 0.289 e. The standard InChI is InChI=1S/C14H9BrClIO/c1-8-2-3-9(6-13(8)16)14(18)11-7-10(17)4-5-12(11)15/h2-7H,1H3. The molecule has 0 aromatic heterocycles. The van der Waals surface area contributed by atoms with Crippen LogP contribution in [-0.2, 0) is 0 Å². The molecule has 0 N–H and O–H groups in total. The Hall–Kier alpha value is -0.390. The zero-order valence-corrected chi connectivity index (χ0v) is 14.0. The van der Waals surface area contributed by atoms with Crippen molar-refractivity contribution in [2.24, 2.45) is 0 Å². The van der Waals surface area contributed by atoms with E-state index < -0.39 is 0 Å². The molecule has 0 aliphatic rings. The van der Waals surface area contributed by atoms with Gasteiger partial charge in [0.1, 0.15) is 0 Å². The third kappa shape index (κ3) is 2.95. The molecule has 0 bridgehead atoms. The van der Waals surface area contributed by atoms with E-state index in [1.54, 1.807) is 12.1 Å². The van der Waals surface area contributed by atoms with Gasteiger partial charge in [-0.15, -0.1) is 0 Å². The summed E-state index contributed by atoms with van der Waals surface area (Å²) in [6, 6.07) is 11.1. The topological polar surface area (TPSA) is 17.1 Å². The van der Waals surface area contributed by atoms with Crippen LogP contribution in [0.4, 0.5) is 0 Å². The number of carbonyl (C=O) groups excluding carboxylic acids is 1. The zero-order valence-electron chi connectivity index (χ0n) is 9.51. The molecule has 2 rings (SSSR count). The van der Waals surface area contributed by atoms with Gasteiger partial charge in [-0.2, -0.15) is 0 Å². The lowest BCUT2D eigenvalue weighted by molar-refractivity contribution is 0.103. The molecule has 0 heterocycles. The van der Waals surface area contributed by atoms with Crippen molar-refractivity contribution < 1.29 is 4.79 Å². The van der Waals surface area contributed by atoms with Gasteiger partial charge in [-0.1, -0.05) is 39.7 Å². The number of benzene rings is 2. The number of carbonyl (C=O) groups is 1. The van der Waals surface area contributed by atoms with Gasteiger partial charge in [0.25, 0.3) is 0 Å². The SMILES string of the molecule is Cc1ccc(C(=O)c2cc(I)ccc2Br)cc1Cl. The fourth-order valence-corrected chi connectivity index (χ4v) is 2.66. The maximum Gasteiger partial charge on any atom is 0.194 e. The van der Waals surface area contributed by atoms with Gasteiger partial charge in [0.05, 0.1) is 0 Å². The summed E-state index contributed by atoms with van der Waals surface area (Å²) in [4.78, 5) is 12.4.